The number of aromatic amines is 1. The first-order chi connectivity index (χ1) is 15.0. The Balaban J connectivity index is 1.50. The number of benzene rings is 1. The van der Waals surface area contributed by atoms with Crippen LogP contribution in [0.5, 0.6) is 5.75 Å². The number of nitrogens with one attached hydrogen (secondary N) is 2. The third-order valence-electron chi connectivity index (χ3n) is 6.10. The van der Waals surface area contributed by atoms with Crippen molar-refractivity contribution < 1.29 is 9.53 Å². The Morgan fingerprint density at radius 2 is 2.03 bits per heavy atom. The molecule has 4 rings (SSSR count). The summed E-state index contributed by atoms with van der Waals surface area (Å²) in [6.07, 6.45) is 2.37. The van der Waals surface area contributed by atoms with Gasteiger partial charge >= 0.3 is 0 Å². The number of rotatable bonds is 7. The summed E-state index contributed by atoms with van der Waals surface area (Å²) in [5.74, 6) is 0.665. The molecule has 1 fully saturated rings. The van der Waals surface area contributed by atoms with Gasteiger partial charge in [-0.25, -0.2) is 0 Å². The van der Waals surface area contributed by atoms with Gasteiger partial charge in [-0.1, -0.05) is 12.1 Å². The molecule has 1 unspecified atom stereocenters. The van der Waals surface area contributed by atoms with E-state index in [2.05, 4.69) is 37.6 Å². The monoisotopic (exact) mass is 422 g/mol. The lowest BCUT2D eigenvalue weighted by molar-refractivity contribution is 0.0933. The number of amides is 1. The van der Waals surface area contributed by atoms with Crippen LogP contribution >= 0.6 is 0 Å². The fourth-order valence-electron chi connectivity index (χ4n) is 4.35. The van der Waals surface area contributed by atoms with Crippen molar-refractivity contribution in [2.45, 2.75) is 32.7 Å². The summed E-state index contributed by atoms with van der Waals surface area (Å²) in [5.41, 5.74) is 5.20. The van der Waals surface area contributed by atoms with Gasteiger partial charge in [-0.3, -0.25) is 19.5 Å². The van der Waals surface area contributed by atoms with Gasteiger partial charge in [-0.05, 0) is 63.5 Å². The molecule has 2 N–H and O–H groups in total. The van der Waals surface area contributed by atoms with E-state index in [0.29, 0.717) is 12.2 Å². The second-order valence-electron chi connectivity index (χ2n) is 8.08. The maximum absolute atomic E-state index is 12.9. The average molecular weight is 423 g/mol. The van der Waals surface area contributed by atoms with Crippen molar-refractivity contribution in [3.63, 3.8) is 0 Å². The molecule has 8 nitrogen and oxygen atoms in total. The highest BCUT2D eigenvalue weighted by Crippen LogP contribution is 2.28. The Hall–Kier alpha value is -3.13. The van der Waals surface area contributed by atoms with Gasteiger partial charge in [0.15, 0.2) is 0 Å². The molecule has 0 aliphatic carbocycles. The summed E-state index contributed by atoms with van der Waals surface area (Å²) in [5, 5.41) is 14.8. The molecule has 0 saturated carbocycles. The fraction of sp³-hybridized carbons (Fsp3) is 0.435. The van der Waals surface area contributed by atoms with E-state index in [4.69, 9.17) is 4.74 Å². The highest BCUT2D eigenvalue weighted by Gasteiger charge is 2.25. The molecule has 1 saturated heterocycles. The minimum absolute atomic E-state index is 0.103. The zero-order valence-corrected chi connectivity index (χ0v) is 18.6. The van der Waals surface area contributed by atoms with Crippen molar-refractivity contribution in [1.29, 1.82) is 0 Å². The van der Waals surface area contributed by atoms with Crippen LogP contribution in [0.2, 0.25) is 0 Å². The average Bonchev–Trinajstić information content (AvgIpc) is 3.51. The number of nitrogens with zero attached hydrogens (tertiary/aromatic N) is 4. The van der Waals surface area contributed by atoms with E-state index < -0.39 is 0 Å². The topological polar surface area (TPSA) is 88.1 Å². The van der Waals surface area contributed by atoms with Crippen molar-refractivity contribution in [2.75, 3.05) is 26.7 Å². The maximum atomic E-state index is 12.9. The number of carbonyl (C=O) groups excluding carboxylic acids is 1. The number of H-pyrrole nitrogens is 1. The van der Waals surface area contributed by atoms with Crippen LogP contribution < -0.4 is 10.1 Å². The number of hydrogen-bond donors (Lipinski definition) is 2. The number of hydrogen-bond acceptors (Lipinski definition) is 5. The van der Waals surface area contributed by atoms with Gasteiger partial charge in [0.1, 0.15) is 11.4 Å². The summed E-state index contributed by atoms with van der Waals surface area (Å²) in [4.78, 5) is 15.3. The van der Waals surface area contributed by atoms with Crippen LogP contribution in [0.15, 0.2) is 30.3 Å². The number of methoxy groups -OCH3 is 1. The Bertz CT molecular complexity index is 1060. The Morgan fingerprint density at radius 3 is 2.71 bits per heavy atom. The molecule has 2 aromatic heterocycles. The van der Waals surface area contributed by atoms with Gasteiger partial charge in [0.25, 0.3) is 5.91 Å². The second kappa shape index (κ2) is 8.93. The molecular formula is C23H30N6O2. The molecule has 1 aliphatic heterocycles. The van der Waals surface area contributed by atoms with Crippen LogP contribution in [0, 0.1) is 13.8 Å². The summed E-state index contributed by atoms with van der Waals surface area (Å²) in [7, 11) is 3.58. The Labute approximate surface area is 182 Å². The molecule has 3 heterocycles. The third kappa shape index (κ3) is 4.34. The molecule has 31 heavy (non-hydrogen) atoms. The van der Waals surface area contributed by atoms with E-state index in [1.54, 1.807) is 13.2 Å². The van der Waals surface area contributed by atoms with Crippen molar-refractivity contribution in [2.24, 2.45) is 7.05 Å². The van der Waals surface area contributed by atoms with Crippen molar-refractivity contribution in [3.8, 4) is 17.0 Å². The van der Waals surface area contributed by atoms with Crippen LogP contribution in [0.25, 0.3) is 11.3 Å². The van der Waals surface area contributed by atoms with Gasteiger partial charge in [0, 0.05) is 24.8 Å². The fourth-order valence-corrected chi connectivity index (χ4v) is 4.35. The minimum atomic E-state index is -0.162. The van der Waals surface area contributed by atoms with Crippen LogP contribution in [-0.2, 0) is 7.05 Å². The van der Waals surface area contributed by atoms with E-state index >= 15 is 0 Å². The first kappa shape index (κ1) is 21.1. The Kier molecular flexibility index (Phi) is 6.08. The van der Waals surface area contributed by atoms with Gasteiger partial charge in [0.05, 0.1) is 24.5 Å². The van der Waals surface area contributed by atoms with Gasteiger partial charge in [-0.15, -0.1) is 0 Å². The quantitative estimate of drug-likeness (QED) is 0.611. The number of aromatic nitrogens is 4. The summed E-state index contributed by atoms with van der Waals surface area (Å²) < 4.78 is 7.23. The molecule has 1 aliphatic rings. The predicted molar refractivity (Wildman–Crippen MR) is 119 cm³/mol. The SMILES string of the molecule is COc1cccc(C(CNC(=O)c2cc(-c3c(C)nn(C)c3C)n[nH]2)N2CCCC2)c1. The minimum Gasteiger partial charge on any atom is -0.497 e. The number of carbonyl (C=O) groups is 1. The highest BCUT2D eigenvalue weighted by atomic mass is 16.5. The second-order valence-corrected chi connectivity index (χ2v) is 8.08. The number of ether oxygens (including phenoxy) is 1. The van der Waals surface area contributed by atoms with Crippen LogP contribution in [-0.4, -0.2) is 57.5 Å². The summed E-state index contributed by atoms with van der Waals surface area (Å²) in [6, 6.07) is 9.99. The van der Waals surface area contributed by atoms with E-state index in [9.17, 15) is 4.79 Å². The van der Waals surface area contributed by atoms with E-state index in [0.717, 1.165) is 47.0 Å². The first-order valence-electron chi connectivity index (χ1n) is 10.7. The van der Waals surface area contributed by atoms with Gasteiger partial charge in [-0.2, -0.15) is 10.2 Å². The molecule has 1 atom stereocenters. The van der Waals surface area contributed by atoms with E-state index in [1.807, 2.05) is 37.7 Å². The standard InChI is InChI=1S/C23H30N6O2/c1-15-22(16(2)28(3)27-15)19-13-20(26-25-19)23(30)24-14-21(29-10-5-6-11-29)17-8-7-9-18(12-17)31-4/h7-9,12-13,21H,5-6,10-11,14H2,1-4H3,(H,24,30)(H,25,26). The maximum Gasteiger partial charge on any atom is 0.269 e. The first-order valence-corrected chi connectivity index (χ1v) is 10.7. The molecule has 0 spiro atoms. The highest BCUT2D eigenvalue weighted by molar-refractivity contribution is 5.93. The summed E-state index contributed by atoms with van der Waals surface area (Å²) >= 11 is 0. The molecule has 8 heteroatoms. The van der Waals surface area contributed by atoms with Crippen molar-refractivity contribution >= 4 is 5.91 Å². The molecule has 0 radical (unpaired) electrons. The van der Waals surface area contributed by atoms with Crippen molar-refractivity contribution in [1.82, 2.24) is 30.2 Å². The molecule has 3 aromatic rings. The predicted octanol–water partition coefficient (Wildman–Crippen LogP) is 3.00. The molecule has 0 bridgehead atoms. The number of likely N-dealkylation sites (tertiary alicyclic amines) is 1. The lowest BCUT2D eigenvalue weighted by Crippen LogP contribution is -2.37. The molecule has 1 amide bonds. The zero-order chi connectivity index (χ0) is 22.0. The third-order valence-corrected chi connectivity index (χ3v) is 6.10. The van der Waals surface area contributed by atoms with E-state index in [1.165, 1.54) is 12.8 Å². The van der Waals surface area contributed by atoms with Gasteiger partial charge < -0.3 is 10.1 Å². The molecule has 1 aromatic carbocycles. The van der Waals surface area contributed by atoms with Crippen LogP contribution in [0.4, 0.5) is 0 Å². The Morgan fingerprint density at radius 1 is 1.26 bits per heavy atom. The lowest BCUT2D eigenvalue weighted by Gasteiger charge is -2.28. The number of aryl methyl sites for hydroxylation is 2. The smallest absolute Gasteiger partial charge is 0.269 e. The van der Waals surface area contributed by atoms with Crippen LogP contribution in [0.1, 0.15) is 46.3 Å². The summed E-state index contributed by atoms with van der Waals surface area (Å²) in [6.45, 7) is 6.53. The van der Waals surface area contributed by atoms with E-state index in [-0.39, 0.29) is 11.9 Å². The van der Waals surface area contributed by atoms with Crippen LogP contribution in [0.3, 0.4) is 0 Å². The normalized spacial score (nSPS) is 15.2. The largest absolute Gasteiger partial charge is 0.497 e. The zero-order valence-electron chi connectivity index (χ0n) is 18.6. The van der Waals surface area contributed by atoms with Crippen molar-refractivity contribution in [3.05, 3.63) is 53.0 Å². The molecule has 164 valence electrons. The lowest BCUT2D eigenvalue weighted by atomic mass is 10.0. The molecular weight excluding hydrogens is 392 g/mol. The van der Waals surface area contributed by atoms with Gasteiger partial charge in [0.2, 0.25) is 0 Å².